The monoisotopic (exact) mass is 203 g/mol. The third kappa shape index (κ3) is 2.38. The molecule has 80 valence electrons. The predicted molar refractivity (Wildman–Crippen MR) is 61.5 cm³/mol. The molecule has 1 aromatic carbocycles. The highest BCUT2D eigenvalue weighted by Gasteiger charge is 2.22. The van der Waals surface area contributed by atoms with Crippen LogP contribution in [0.5, 0.6) is 0 Å². The van der Waals surface area contributed by atoms with Crippen molar-refractivity contribution in [1.82, 2.24) is 0 Å². The summed E-state index contributed by atoms with van der Waals surface area (Å²) in [7, 11) is 0. The van der Waals surface area contributed by atoms with Crippen molar-refractivity contribution >= 4 is 11.5 Å². The van der Waals surface area contributed by atoms with Crippen LogP contribution in [0.1, 0.15) is 31.2 Å². The molecule has 1 fully saturated rings. The number of para-hydroxylation sites is 1. The molecule has 15 heavy (non-hydrogen) atoms. The van der Waals surface area contributed by atoms with E-state index < -0.39 is 0 Å². The molecule has 1 unspecified atom stereocenters. The first kappa shape index (κ1) is 10.2. The number of rotatable bonds is 2. The van der Waals surface area contributed by atoms with E-state index in [4.69, 9.17) is 5.73 Å². The van der Waals surface area contributed by atoms with Gasteiger partial charge >= 0.3 is 0 Å². The molecule has 1 atom stereocenters. The van der Waals surface area contributed by atoms with E-state index in [1.165, 1.54) is 6.42 Å². The van der Waals surface area contributed by atoms with E-state index in [2.05, 4.69) is 0 Å². The van der Waals surface area contributed by atoms with Crippen LogP contribution in [0, 0.1) is 5.92 Å². The summed E-state index contributed by atoms with van der Waals surface area (Å²) in [5.74, 6) is 0.632. The molecular formula is C13H17NO. The van der Waals surface area contributed by atoms with Crippen LogP contribution in [0.4, 0.5) is 5.69 Å². The minimum absolute atomic E-state index is 0.212. The summed E-state index contributed by atoms with van der Waals surface area (Å²) >= 11 is 0. The molecular weight excluding hydrogens is 186 g/mol. The van der Waals surface area contributed by atoms with Crippen LogP contribution < -0.4 is 5.73 Å². The topological polar surface area (TPSA) is 43.1 Å². The maximum atomic E-state index is 11.7. The molecule has 2 heteroatoms. The summed E-state index contributed by atoms with van der Waals surface area (Å²) in [4.78, 5) is 11.7. The summed E-state index contributed by atoms with van der Waals surface area (Å²) in [6, 6.07) is 7.85. The van der Waals surface area contributed by atoms with Crippen LogP contribution in [0.15, 0.2) is 24.3 Å². The fraction of sp³-hybridized carbons (Fsp3) is 0.462. The number of Topliss-reactive ketones (excluding diaryl/α,β-unsaturated/α-hetero) is 1. The molecule has 0 spiro atoms. The first-order valence-corrected chi connectivity index (χ1v) is 5.63. The average molecular weight is 203 g/mol. The van der Waals surface area contributed by atoms with Crippen molar-refractivity contribution in [2.75, 3.05) is 5.73 Å². The number of carbonyl (C=O) groups excluding carboxylic acids is 1. The Hall–Kier alpha value is -1.31. The largest absolute Gasteiger partial charge is 0.399 e. The quantitative estimate of drug-likeness (QED) is 0.751. The van der Waals surface area contributed by atoms with Crippen molar-refractivity contribution in [3.63, 3.8) is 0 Å². The third-order valence-electron chi connectivity index (χ3n) is 3.20. The fourth-order valence-electron chi connectivity index (χ4n) is 2.26. The molecule has 2 N–H and O–H groups in total. The van der Waals surface area contributed by atoms with Crippen LogP contribution >= 0.6 is 0 Å². The van der Waals surface area contributed by atoms with Gasteiger partial charge in [0.15, 0.2) is 0 Å². The van der Waals surface area contributed by atoms with Gasteiger partial charge in [0.25, 0.3) is 0 Å². The van der Waals surface area contributed by atoms with Gasteiger partial charge in [-0.05, 0) is 30.9 Å². The molecule has 0 aromatic heterocycles. The molecule has 1 aliphatic rings. The van der Waals surface area contributed by atoms with Gasteiger partial charge < -0.3 is 5.73 Å². The molecule has 0 heterocycles. The lowest BCUT2D eigenvalue weighted by atomic mass is 9.83. The normalized spacial score (nSPS) is 21.6. The van der Waals surface area contributed by atoms with Gasteiger partial charge in [-0.3, -0.25) is 4.79 Å². The molecule has 0 saturated heterocycles. The predicted octanol–water partition coefficient (Wildman–Crippen LogP) is 2.57. The molecule has 1 saturated carbocycles. The van der Waals surface area contributed by atoms with E-state index >= 15 is 0 Å². The zero-order valence-electron chi connectivity index (χ0n) is 8.91. The Morgan fingerprint density at radius 2 is 2.07 bits per heavy atom. The summed E-state index contributed by atoms with van der Waals surface area (Å²) in [5, 5.41) is 0. The van der Waals surface area contributed by atoms with Gasteiger partial charge in [-0.2, -0.15) is 0 Å². The first-order chi connectivity index (χ1) is 7.27. The number of anilines is 1. The number of nitrogens with two attached hydrogens (primary N) is 1. The Kier molecular flexibility index (Phi) is 3.05. The molecule has 0 amide bonds. The van der Waals surface area contributed by atoms with Crippen molar-refractivity contribution < 1.29 is 4.79 Å². The maximum Gasteiger partial charge on any atom is 0.136 e. The van der Waals surface area contributed by atoms with Crippen molar-refractivity contribution in [1.29, 1.82) is 0 Å². The number of nitrogen functional groups attached to an aromatic ring is 1. The molecule has 1 aliphatic carbocycles. The standard InChI is InChI=1S/C13H17NO/c14-12-7-3-1-5-10(12)9-11-6-2-4-8-13(11)15/h1,3,5,7,11H,2,4,6,8-9,14H2. The van der Waals surface area contributed by atoms with E-state index in [1.54, 1.807) is 0 Å². The smallest absolute Gasteiger partial charge is 0.136 e. The highest BCUT2D eigenvalue weighted by atomic mass is 16.1. The second-order valence-corrected chi connectivity index (χ2v) is 4.31. The van der Waals surface area contributed by atoms with Crippen LogP contribution in [0.25, 0.3) is 0 Å². The summed E-state index contributed by atoms with van der Waals surface area (Å²) in [6.45, 7) is 0. The summed E-state index contributed by atoms with van der Waals surface area (Å²) in [5.41, 5.74) is 7.81. The van der Waals surface area contributed by atoms with E-state index in [-0.39, 0.29) is 5.92 Å². The van der Waals surface area contributed by atoms with Crippen LogP contribution in [-0.4, -0.2) is 5.78 Å². The second kappa shape index (κ2) is 4.47. The van der Waals surface area contributed by atoms with Crippen LogP contribution in [-0.2, 0) is 11.2 Å². The molecule has 0 radical (unpaired) electrons. The molecule has 0 aliphatic heterocycles. The average Bonchev–Trinajstić information content (AvgIpc) is 2.24. The van der Waals surface area contributed by atoms with E-state index in [1.807, 2.05) is 24.3 Å². The fourth-order valence-corrected chi connectivity index (χ4v) is 2.26. The van der Waals surface area contributed by atoms with Crippen molar-refractivity contribution in [2.45, 2.75) is 32.1 Å². The summed E-state index contributed by atoms with van der Waals surface area (Å²) < 4.78 is 0. The van der Waals surface area contributed by atoms with Crippen molar-refractivity contribution in [2.24, 2.45) is 5.92 Å². The Morgan fingerprint density at radius 1 is 1.27 bits per heavy atom. The zero-order valence-corrected chi connectivity index (χ0v) is 8.91. The maximum absolute atomic E-state index is 11.7. The Bertz CT molecular complexity index is 359. The Balaban J connectivity index is 2.08. The van der Waals surface area contributed by atoms with Crippen molar-refractivity contribution in [3.8, 4) is 0 Å². The third-order valence-corrected chi connectivity index (χ3v) is 3.20. The van der Waals surface area contributed by atoms with E-state index in [9.17, 15) is 4.79 Å². The van der Waals surface area contributed by atoms with Gasteiger partial charge in [-0.25, -0.2) is 0 Å². The van der Waals surface area contributed by atoms with Gasteiger partial charge in [-0.15, -0.1) is 0 Å². The Labute approximate surface area is 90.5 Å². The molecule has 2 rings (SSSR count). The van der Waals surface area contributed by atoms with Crippen LogP contribution in [0.2, 0.25) is 0 Å². The molecule has 0 bridgehead atoms. The zero-order chi connectivity index (χ0) is 10.7. The van der Waals surface area contributed by atoms with Gasteiger partial charge in [0, 0.05) is 18.0 Å². The lowest BCUT2D eigenvalue weighted by Crippen LogP contribution is -2.21. The number of hydrogen-bond acceptors (Lipinski definition) is 2. The second-order valence-electron chi connectivity index (χ2n) is 4.31. The highest BCUT2D eigenvalue weighted by Crippen LogP contribution is 2.25. The lowest BCUT2D eigenvalue weighted by molar-refractivity contribution is -0.124. The van der Waals surface area contributed by atoms with Crippen molar-refractivity contribution in [3.05, 3.63) is 29.8 Å². The highest BCUT2D eigenvalue weighted by molar-refractivity contribution is 5.82. The number of carbonyl (C=O) groups is 1. The number of hydrogen-bond donors (Lipinski definition) is 1. The minimum atomic E-state index is 0.212. The number of ketones is 1. The van der Waals surface area contributed by atoms with E-state index in [0.717, 1.165) is 36.9 Å². The Morgan fingerprint density at radius 3 is 2.80 bits per heavy atom. The molecule has 1 aromatic rings. The minimum Gasteiger partial charge on any atom is -0.399 e. The van der Waals surface area contributed by atoms with E-state index in [0.29, 0.717) is 5.78 Å². The summed E-state index contributed by atoms with van der Waals surface area (Å²) in [6.07, 6.45) is 4.87. The van der Waals surface area contributed by atoms with Crippen LogP contribution in [0.3, 0.4) is 0 Å². The number of benzene rings is 1. The van der Waals surface area contributed by atoms with Gasteiger partial charge in [0.05, 0.1) is 0 Å². The molecule has 2 nitrogen and oxygen atoms in total. The SMILES string of the molecule is Nc1ccccc1CC1CCCCC1=O. The van der Waals surface area contributed by atoms with Gasteiger partial charge in [0.2, 0.25) is 0 Å². The lowest BCUT2D eigenvalue weighted by Gasteiger charge is -2.20. The van der Waals surface area contributed by atoms with Gasteiger partial charge in [-0.1, -0.05) is 24.6 Å². The van der Waals surface area contributed by atoms with Gasteiger partial charge in [0.1, 0.15) is 5.78 Å². The first-order valence-electron chi connectivity index (χ1n) is 5.63.